The Balaban J connectivity index is 1.95. The van der Waals surface area contributed by atoms with Gasteiger partial charge in [-0.15, -0.1) is 0 Å². The number of thioether (sulfide) groups is 1. The molecule has 1 saturated heterocycles. The summed E-state index contributed by atoms with van der Waals surface area (Å²) in [5.74, 6) is -0.707. The predicted octanol–water partition coefficient (Wildman–Crippen LogP) is 3.71. The number of hydrogen-bond acceptors (Lipinski definition) is 6. The van der Waals surface area contributed by atoms with Crippen molar-refractivity contribution in [1.82, 2.24) is 0 Å². The topological polar surface area (TPSA) is 83.7 Å². The van der Waals surface area contributed by atoms with E-state index in [0.717, 1.165) is 11.8 Å². The number of para-hydroxylation sites is 1. The van der Waals surface area contributed by atoms with Crippen LogP contribution >= 0.6 is 24.0 Å². The third kappa shape index (κ3) is 3.01. The fourth-order valence-electron chi connectivity index (χ4n) is 2.20. The third-order valence-electron chi connectivity index (χ3n) is 3.30. The summed E-state index contributed by atoms with van der Waals surface area (Å²) in [7, 11) is 0. The Kier molecular flexibility index (Phi) is 4.32. The number of nitrogens with zero attached hydrogens (tertiary/aromatic N) is 2. The van der Waals surface area contributed by atoms with Crippen molar-refractivity contribution >= 4 is 51.7 Å². The Morgan fingerprint density at radius 1 is 1.21 bits per heavy atom. The fraction of sp³-hybridized carbons (Fsp3) is 0. The lowest BCUT2D eigenvalue weighted by Gasteiger charge is -2.13. The lowest BCUT2D eigenvalue weighted by molar-refractivity contribution is -0.385. The molecule has 1 amide bonds. The zero-order valence-electron chi connectivity index (χ0n) is 12.1. The van der Waals surface area contributed by atoms with Crippen molar-refractivity contribution in [3.63, 3.8) is 0 Å². The van der Waals surface area contributed by atoms with Crippen LogP contribution in [0.4, 0.5) is 11.4 Å². The lowest BCUT2D eigenvalue weighted by Crippen LogP contribution is -2.27. The Labute approximate surface area is 146 Å². The molecule has 24 heavy (non-hydrogen) atoms. The summed E-state index contributed by atoms with van der Waals surface area (Å²) in [6, 6.07) is 12.9. The standard InChI is InChI=1S/C16H10N2O4S2/c19-13-7-6-10(8-12(13)18(21)22)9-14-15(20)17(16(23)24-14)11-4-2-1-3-5-11/h1-9,19H. The van der Waals surface area contributed by atoms with Crippen molar-refractivity contribution < 1.29 is 14.8 Å². The van der Waals surface area contributed by atoms with E-state index < -0.39 is 16.4 Å². The molecule has 0 unspecified atom stereocenters. The highest BCUT2D eigenvalue weighted by Gasteiger charge is 2.33. The van der Waals surface area contributed by atoms with Gasteiger partial charge in [-0.05, 0) is 29.8 Å². The van der Waals surface area contributed by atoms with E-state index in [9.17, 15) is 20.0 Å². The van der Waals surface area contributed by atoms with Gasteiger partial charge in [-0.25, -0.2) is 0 Å². The summed E-state index contributed by atoms with van der Waals surface area (Å²) in [4.78, 5) is 24.6. The summed E-state index contributed by atoms with van der Waals surface area (Å²) in [5, 5.41) is 20.4. The van der Waals surface area contributed by atoms with Gasteiger partial charge in [0.1, 0.15) is 0 Å². The predicted molar refractivity (Wildman–Crippen MR) is 96.9 cm³/mol. The number of rotatable bonds is 3. The van der Waals surface area contributed by atoms with Crippen molar-refractivity contribution in [3.05, 3.63) is 69.1 Å². The summed E-state index contributed by atoms with van der Waals surface area (Å²) in [6.07, 6.45) is 1.52. The van der Waals surface area contributed by atoms with Gasteiger partial charge in [0, 0.05) is 6.07 Å². The highest BCUT2D eigenvalue weighted by Crippen LogP contribution is 2.36. The van der Waals surface area contributed by atoms with Crippen molar-refractivity contribution in [2.24, 2.45) is 0 Å². The molecule has 0 radical (unpaired) electrons. The summed E-state index contributed by atoms with van der Waals surface area (Å²) in [5.41, 5.74) is 0.690. The molecule has 0 aliphatic carbocycles. The maximum absolute atomic E-state index is 12.6. The quantitative estimate of drug-likeness (QED) is 0.390. The molecule has 2 aromatic carbocycles. The van der Waals surface area contributed by atoms with E-state index in [1.54, 1.807) is 24.3 Å². The first-order chi connectivity index (χ1) is 11.5. The maximum Gasteiger partial charge on any atom is 0.311 e. The number of nitro groups is 1. The van der Waals surface area contributed by atoms with Gasteiger partial charge in [0.15, 0.2) is 10.1 Å². The first-order valence-corrected chi connectivity index (χ1v) is 8.00. The van der Waals surface area contributed by atoms with Crippen LogP contribution in [0.1, 0.15) is 5.56 Å². The normalized spacial score (nSPS) is 16.0. The Bertz CT molecular complexity index is 881. The molecule has 1 aliphatic rings. The Morgan fingerprint density at radius 2 is 1.92 bits per heavy atom. The molecule has 6 nitrogen and oxygen atoms in total. The van der Waals surface area contributed by atoms with Crippen molar-refractivity contribution in [3.8, 4) is 5.75 Å². The molecule has 0 spiro atoms. The van der Waals surface area contributed by atoms with Crippen molar-refractivity contribution in [2.75, 3.05) is 4.90 Å². The molecule has 1 fully saturated rings. The Morgan fingerprint density at radius 3 is 2.58 bits per heavy atom. The molecule has 1 aliphatic heterocycles. The highest BCUT2D eigenvalue weighted by atomic mass is 32.2. The van der Waals surface area contributed by atoms with Crippen molar-refractivity contribution in [2.45, 2.75) is 0 Å². The zero-order valence-corrected chi connectivity index (χ0v) is 13.7. The number of phenols is 1. The van der Waals surface area contributed by atoms with E-state index in [0.29, 0.717) is 20.5 Å². The van der Waals surface area contributed by atoms with Crippen LogP contribution in [0.5, 0.6) is 5.75 Å². The minimum absolute atomic E-state index is 0.285. The third-order valence-corrected chi connectivity index (χ3v) is 4.60. The smallest absolute Gasteiger partial charge is 0.311 e. The number of nitro benzene ring substituents is 1. The minimum Gasteiger partial charge on any atom is -0.502 e. The molecule has 3 rings (SSSR count). The largest absolute Gasteiger partial charge is 0.502 e. The second-order valence-electron chi connectivity index (χ2n) is 4.86. The molecule has 0 saturated carbocycles. The molecule has 8 heteroatoms. The number of anilines is 1. The van der Waals surface area contributed by atoms with Crippen LogP contribution in [0.15, 0.2) is 53.4 Å². The number of carbonyl (C=O) groups is 1. The number of benzene rings is 2. The van der Waals surface area contributed by atoms with Gasteiger partial charge in [0.25, 0.3) is 5.91 Å². The number of hydrogen-bond donors (Lipinski definition) is 1. The second-order valence-corrected chi connectivity index (χ2v) is 6.53. The average Bonchev–Trinajstić information content (AvgIpc) is 2.83. The number of phenolic OH excluding ortho intramolecular Hbond substituents is 1. The van der Waals surface area contributed by atoms with Gasteiger partial charge in [0.2, 0.25) is 0 Å². The van der Waals surface area contributed by atoms with E-state index >= 15 is 0 Å². The molecule has 1 heterocycles. The number of thiocarbonyl (C=S) groups is 1. The van der Waals surface area contributed by atoms with Gasteiger partial charge in [0.05, 0.1) is 15.5 Å². The zero-order chi connectivity index (χ0) is 17.3. The minimum atomic E-state index is -0.679. The van der Waals surface area contributed by atoms with Gasteiger partial charge in [-0.3, -0.25) is 19.8 Å². The van der Waals surface area contributed by atoms with E-state index in [2.05, 4.69) is 0 Å². The molecular weight excluding hydrogens is 348 g/mol. The van der Waals surface area contributed by atoms with Crippen LogP contribution in [0.2, 0.25) is 0 Å². The highest BCUT2D eigenvalue weighted by molar-refractivity contribution is 8.27. The van der Waals surface area contributed by atoms with Crippen molar-refractivity contribution in [1.29, 1.82) is 0 Å². The maximum atomic E-state index is 12.6. The first-order valence-electron chi connectivity index (χ1n) is 6.78. The van der Waals surface area contributed by atoms with Crippen LogP contribution in [-0.4, -0.2) is 20.3 Å². The molecular formula is C16H10N2O4S2. The van der Waals surface area contributed by atoms with Crippen LogP contribution in [0, 0.1) is 10.1 Å². The number of carbonyl (C=O) groups excluding carboxylic acids is 1. The molecule has 2 aromatic rings. The monoisotopic (exact) mass is 358 g/mol. The number of aromatic hydroxyl groups is 1. The second kappa shape index (κ2) is 6.42. The molecule has 0 atom stereocenters. The van der Waals surface area contributed by atoms with E-state index in [1.165, 1.54) is 29.2 Å². The van der Waals surface area contributed by atoms with Crippen LogP contribution < -0.4 is 4.90 Å². The van der Waals surface area contributed by atoms with Gasteiger partial charge < -0.3 is 5.11 Å². The lowest BCUT2D eigenvalue weighted by atomic mass is 10.1. The number of amides is 1. The van der Waals surface area contributed by atoms with Crippen LogP contribution in [0.3, 0.4) is 0 Å². The van der Waals surface area contributed by atoms with E-state index in [-0.39, 0.29) is 5.91 Å². The molecule has 120 valence electrons. The van der Waals surface area contributed by atoms with E-state index in [4.69, 9.17) is 12.2 Å². The Hall–Kier alpha value is -2.71. The van der Waals surface area contributed by atoms with Gasteiger partial charge >= 0.3 is 5.69 Å². The first kappa shape index (κ1) is 16.2. The van der Waals surface area contributed by atoms with Crippen LogP contribution in [0.25, 0.3) is 6.08 Å². The summed E-state index contributed by atoms with van der Waals surface area (Å²) < 4.78 is 0.394. The summed E-state index contributed by atoms with van der Waals surface area (Å²) >= 11 is 6.39. The molecule has 0 bridgehead atoms. The summed E-state index contributed by atoms with van der Waals surface area (Å²) in [6.45, 7) is 0. The van der Waals surface area contributed by atoms with E-state index in [1.807, 2.05) is 6.07 Å². The van der Waals surface area contributed by atoms with Crippen LogP contribution in [-0.2, 0) is 4.79 Å². The molecule has 0 aromatic heterocycles. The fourth-order valence-corrected chi connectivity index (χ4v) is 3.49. The molecule has 1 N–H and O–H groups in total. The SMILES string of the molecule is O=C1C(=Cc2ccc(O)c([N+](=O)[O-])c2)SC(=S)N1c1ccccc1. The average molecular weight is 358 g/mol. The van der Waals surface area contributed by atoms with Gasteiger partial charge in [-0.1, -0.05) is 48.2 Å². The van der Waals surface area contributed by atoms with Gasteiger partial charge in [-0.2, -0.15) is 0 Å².